The number of hydrogen-bond donors (Lipinski definition) is 10. The number of hydrogen-bond acceptors (Lipinski definition) is 10. The van der Waals surface area contributed by atoms with E-state index in [1.807, 2.05) is 0 Å². The first kappa shape index (κ1) is 29.3. The average Bonchev–Trinajstić information content (AvgIpc) is 3.02. The molecule has 0 aromatic carbocycles. The molecule has 34 heavy (non-hydrogen) atoms. The highest BCUT2D eigenvalue weighted by Gasteiger charge is 2.61. The maximum atomic E-state index is 13.4. The van der Waals surface area contributed by atoms with Crippen LogP contribution in [0.3, 0.4) is 0 Å². The average molecular weight is 493 g/mol. The Balaban J connectivity index is 3.33. The standard InChI is InChI=1S/C18H36N8O8/c19-9(3-1-5-24-16(20)21)14(31)26(10(15(32)33)4-2-6-25-17(22)23)18(8-28)13(30)12(29)11(7-27)34-18/h9-13,27-30H,1-8,19H2,(H,32,33)(H4,20,21,24)(H4,22,23,25)/t9?,10?,11-,12-,13+,18?/m1/s1. The van der Waals surface area contributed by atoms with E-state index in [9.17, 15) is 35.1 Å². The van der Waals surface area contributed by atoms with E-state index in [2.05, 4.69) is 9.98 Å². The quantitative estimate of drug-likeness (QED) is 0.0615. The van der Waals surface area contributed by atoms with E-state index in [1.54, 1.807) is 0 Å². The molecule has 3 unspecified atom stereocenters. The Kier molecular flexibility index (Phi) is 11.4. The van der Waals surface area contributed by atoms with Crippen LogP contribution in [-0.2, 0) is 14.3 Å². The molecule has 16 heteroatoms. The first-order valence-electron chi connectivity index (χ1n) is 10.6. The number of aliphatic carboxylic acids is 1. The first-order chi connectivity index (χ1) is 15.9. The van der Waals surface area contributed by atoms with Crippen LogP contribution in [0.4, 0.5) is 0 Å². The lowest BCUT2D eigenvalue weighted by atomic mass is 9.96. The fourth-order valence-corrected chi connectivity index (χ4v) is 3.70. The van der Waals surface area contributed by atoms with E-state index in [1.165, 1.54) is 0 Å². The van der Waals surface area contributed by atoms with Gasteiger partial charge in [-0.3, -0.25) is 19.7 Å². The monoisotopic (exact) mass is 492 g/mol. The second-order valence-corrected chi connectivity index (χ2v) is 7.84. The molecule has 1 heterocycles. The fourth-order valence-electron chi connectivity index (χ4n) is 3.70. The van der Waals surface area contributed by atoms with E-state index >= 15 is 0 Å². The second kappa shape index (κ2) is 13.2. The van der Waals surface area contributed by atoms with E-state index in [4.69, 9.17) is 33.4 Å². The largest absolute Gasteiger partial charge is 0.480 e. The Hall–Kier alpha value is -2.76. The number of aliphatic hydroxyl groups is 4. The summed E-state index contributed by atoms with van der Waals surface area (Å²) >= 11 is 0. The zero-order valence-corrected chi connectivity index (χ0v) is 18.7. The molecule has 1 aliphatic rings. The number of aliphatic hydroxyl groups excluding tert-OH is 4. The molecule has 0 aromatic rings. The zero-order chi connectivity index (χ0) is 26.1. The van der Waals surface area contributed by atoms with Gasteiger partial charge in [-0.1, -0.05) is 0 Å². The van der Waals surface area contributed by atoms with Crippen LogP contribution in [0.2, 0.25) is 0 Å². The Morgan fingerprint density at radius 3 is 1.94 bits per heavy atom. The molecule has 0 spiro atoms. The number of carboxylic acid groups (broad SMARTS) is 1. The molecule has 0 saturated carbocycles. The molecule has 1 saturated heterocycles. The van der Waals surface area contributed by atoms with Gasteiger partial charge in [-0.2, -0.15) is 0 Å². The predicted octanol–water partition coefficient (Wildman–Crippen LogP) is -5.50. The van der Waals surface area contributed by atoms with Crippen LogP contribution in [0.1, 0.15) is 25.7 Å². The minimum atomic E-state index is -2.39. The Labute approximate surface area is 196 Å². The number of amides is 1. The topological polar surface area (TPSA) is 303 Å². The number of nitrogens with zero attached hydrogens (tertiary/aromatic N) is 3. The minimum Gasteiger partial charge on any atom is -0.480 e. The van der Waals surface area contributed by atoms with Crippen LogP contribution in [-0.4, -0.2) is 117 Å². The molecule has 1 rings (SSSR count). The highest BCUT2D eigenvalue weighted by molar-refractivity contribution is 5.87. The number of guanidine groups is 2. The van der Waals surface area contributed by atoms with Gasteiger partial charge in [0.25, 0.3) is 0 Å². The number of nitrogens with two attached hydrogens (primary N) is 5. The molecule has 0 aromatic heterocycles. The molecular weight excluding hydrogens is 456 g/mol. The molecule has 0 radical (unpaired) electrons. The highest BCUT2D eigenvalue weighted by atomic mass is 16.6. The summed E-state index contributed by atoms with van der Waals surface area (Å²) < 4.78 is 5.50. The third-order valence-electron chi connectivity index (χ3n) is 5.39. The number of ether oxygens (including phenoxy) is 1. The van der Waals surface area contributed by atoms with Gasteiger partial charge in [-0.05, 0) is 25.7 Å². The van der Waals surface area contributed by atoms with E-state index in [-0.39, 0.29) is 50.7 Å². The maximum absolute atomic E-state index is 13.4. The zero-order valence-electron chi connectivity index (χ0n) is 18.7. The summed E-state index contributed by atoms with van der Waals surface area (Å²) in [5, 5.41) is 50.5. The van der Waals surface area contributed by atoms with Crippen LogP contribution in [0.5, 0.6) is 0 Å². The van der Waals surface area contributed by atoms with Gasteiger partial charge in [0.1, 0.15) is 24.4 Å². The van der Waals surface area contributed by atoms with E-state index in [0.29, 0.717) is 4.90 Å². The third-order valence-corrected chi connectivity index (χ3v) is 5.39. The normalized spacial score (nSPS) is 25.9. The summed E-state index contributed by atoms with van der Waals surface area (Å²) in [6.45, 7) is -1.67. The Bertz CT molecular complexity index is 745. The van der Waals surface area contributed by atoms with Crippen molar-refractivity contribution in [3.8, 4) is 0 Å². The Morgan fingerprint density at radius 1 is 1.00 bits per heavy atom. The summed E-state index contributed by atoms with van der Waals surface area (Å²) in [6, 6.07) is -2.95. The maximum Gasteiger partial charge on any atom is 0.326 e. The van der Waals surface area contributed by atoms with Gasteiger partial charge < -0.3 is 58.9 Å². The van der Waals surface area contributed by atoms with Crippen molar-refractivity contribution < 1.29 is 39.9 Å². The van der Waals surface area contributed by atoms with Crippen molar-refractivity contribution in [2.45, 2.75) is 61.8 Å². The molecule has 0 bridgehead atoms. The van der Waals surface area contributed by atoms with Crippen molar-refractivity contribution in [2.75, 3.05) is 26.3 Å². The fraction of sp³-hybridized carbons (Fsp3) is 0.778. The second-order valence-electron chi connectivity index (χ2n) is 7.84. The van der Waals surface area contributed by atoms with Crippen LogP contribution >= 0.6 is 0 Å². The predicted molar refractivity (Wildman–Crippen MR) is 120 cm³/mol. The number of aliphatic imine (C=N–C) groups is 2. The molecule has 196 valence electrons. The van der Waals surface area contributed by atoms with Crippen molar-refractivity contribution in [2.24, 2.45) is 38.7 Å². The van der Waals surface area contributed by atoms with Gasteiger partial charge in [-0.25, -0.2) is 4.79 Å². The van der Waals surface area contributed by atoms with Crippen LogP contribution < -0.4 is 28.7 Å². The number of rotatable bonds is 14. The van der Waals surface area contributed by atoms with Crippen molar-refractivity contribution in [1.82, 2.24) is 4.90 Å². The molecule has 6 atom stereocenters. The van der Waals surface area contributed by atoms with Crippen molar-refractivity contribution in [3.63, 3.8) is 0 Å². The van der Waals surface area contributed by atoms with E-state index in [0.717, 1.165) is 0 Å². The SMILES string of the molecule is NC(N)=NCCCC(N)C(=O)N(C(CCCN=C(N)N)C(=O)O)C1(CO)O[C@H](CO)[C@@H](O)[C@@H]1O. The summed E-state index contributed by atoms with van der Waals surface area (Å²) in [6.07, 6.45) is -4.90. The van der Waals surface area contributed by atoms with Crippen molar-refractivity contribution in [3.05, 3.63) is 0 Å². The van der Waals surface area contributed by atoms with Gasteiger partial charge in [0.2, 0.25) is 5.91 Å². The van der Waals surface area contributed by atoms with Gasteiger partial charge in [0.05, 0.1) is 19.3 Å². The molecule has 15 N–H and O–H groups in total. The first-order valence-corrected chi connectivity index (χ1v) is 10.6. The molecule has 0 aliphatic carbocycles. The number of carbonyl (C=O) groups excluding carboxylic acids is 1. The summed E-state index contributed by atoms with van der Waals surface area (Å²) in [4.78, 5) is 33.7. The molecular formula is C18H36N8O8. The number of carboxylic acids is 1. The summed E-state index contributed by atoms with van der Waals surface area (Å²) in [7, 11) is 0. The van der Waals surface area contributed by atoms with Crippen LogP contribution in [0.25, 0.3) is 0 Å². The van der Waals surface area contributed by atoms with Crippen molar-refractivity contribution >= 4 is 23.8 Å². The lowest BCUT2D eigenvalue weighted by Gasteiger charge is -2.45. The summed E-state index contributed by atoms with van der Waals surface area (Å²) in [5.74, 6) is -2.83. The van der Waals surface area contributed by atoms with Gasteiger partial charge in [-0.15, -0.1) is 0 Å². The number of carbonyl (C=O) groups is 2. The summed E-state index contributed by atoms with van der Waals surface area (Å²) in [5.41, 5.74) is 24.7. The third kappa shape index (κ3) is 7.12. The molecule has 1 aliphatic heterocycles. The lowest BCUT2D eigenvalue weighted by Crippen LogP contribution is -2.68. The minimum absolute atomic E-state index is 0.0238. The smallest absolute Gasteiger partial charge is 0.326 e. The van der Waals surface area contributed by atoms with Crippen LogP contribution in [0, 0.1) is 0 Å². The molecule has 16 nitrogen and oxygen atoms in total. The Morgan fingerprint density at radius 2 is 1.53 bits per heavy atom. The van der Waals surface area contributed by atoms with Crippen LogP contribution in [0.15, 0.2) is 9.98 Å². The van der Waals surface area contributed by atoms with Crippen molar-refractivity contribution in [1.29, 1.82) is 0 Å². The molecule has 1 amide bonds. The van der Waals surface area contributed by atoms with E-state index < -0.39 is 61.2 Å². The lowest BCUT2D eigenvalue weighted by molar-refractivity contribution is -0.223. The van der Waals surface area contributed by atoms with Gasteiger partial charge >= 0.3 is 5.97 Å². The highest BCUT2D eigenvalue weighted by Crippen LogP contribution is 2.37. The van der Waals surface area contributed by atoms with Gasteiger partial charge in [0.15, 0.2) is 17.6 Å². The van der Waals surface area contributed by atoms with Gasteiger partial charge in [0, 0.05) is 13.1 Å². The molecule has 1 fully saturated rings.